The summed E-state index contributed by atoms with van der Waals surface area (Å²) in [6.07, 6.45) is 7.50. The molecule has 0 fully saturated rings. The van der Waals surface area contributed by atoms with Gasteiger partial charge in [-0.2, -0.15) is 0 Å². The average molecular weight is 629 g/mol. The molecule has 0 saturated heterocycles. The Morgan fingerprint density at radius 2 is 0.469 bits per heavy atom. The van der Waals surface area contributed by atoms with E-state index in [9.17, 15) is 0 Å². The maximum absolute atomic E-state index is 5.14. The Hall–Kier alpha value is -6.52. The maximum Gasteiger partial charge on any atom is 0.0786 e. The molecule has 0 N–H and O–H groups in total. The number of rotatable bonds is 8. The topological polar surface area (TPSA) is 51.6 Å². The summed E-state index contributed by atoms with van der Waals surface area (Å²) in [5.41, 5.74) is 10.6. The van der Waals surface area contributed by atoms with Crippen LogP contribution in [-0.4, -0.2) is 19.9 Å². The Bertz CT molecular complexity index is 1990. The van der Waals surface area contributed by atoms with Gasteiger partial charge in [0.2, 0.25) is 0 Å². The second kappa shape index (κ2) is 13.3. The molecule has 0 aliphatic heterocycles. The van der Waals surface area contributed by atoms with Gasteiger partial charge in [-0.25, -0.2) is 0 Å². The molecule has 0 aliphatic rings. The van der Waals surface area contributed by atoms with E-state index in [-0.39, 0.29) is 0 Å². The van der Waals surface area contributed by atoms with E-state index in [1.807, 2.05) is 73.3 Å². The molecule has 0 unspecified atom stereocenters. The largest absolute Gasteiger partial charge is 0.256 e. The third-order valence-corrected chi connectivity index (χ3v) is 9.04. The van der Waals surface area contributed by atoms with Crippen molar-refractivity contribution in [3.8, 4) is 45.0 Å². The molecule has 8 rings (SSSR count). The minimum absolute atomic E-state index is 0.872. The van der Waals surface area contributed by atoms with Crippen molar-refractivity contribution >= 4 is 0 Å². The zero-order valence-electron chi connectivity index (χ0n) is 26.8. The van der Waals surface area contributed by atoms with Crippen LogP contribution in [0.2, 0.25) is 0 Å². The molecule has 49 heavy (non-hydrogen) atoms. The van der Waals surface area contributed by atoms with E-state index in [0.717, 1.165) is 67.3 Å². The van der Waals surface area contributed by atoms with Gasteiger partial charge in [-0.15, -0.1) is 0 Å². The summed E-state index contributed by atoms with van der Waals surface area (Å²) in [6, 6.07) is 58.6. The smallest absolute Gasteiger partial charge is 0.0786 e. The van der Waals surface area contributed by atoms with Crippen LogP contribution in [0.3, 0.4) is 0 Å². The predicted molar refractivity (Wildman–Crippen MR) is 198 cm³/mol. The van der Waals surface area contributed by atoms with Crippen LogP contribution in [0.4, 0.5) is 0 Å². The Morgan fingerprint density at radius 1 is 0.245 bits per heavy atom. The first-order valence-corrected chi connectivity index (χ1v) is 16.4. The second-order valence-corrected chi connectivity index (χ2v) is 11.8. The van der Waals surface area contributed by atoms with Crippen LogP contribution in [0.25, 0.3) is 45.0 Å². The molecule has 0 atom stereocenters. The van der Waals surface area contributed by atoms with E-state index in [0.29, 0.717) is 0 Å². The lowest BCUT2D eigenvalue weighted by Crippen LogP contribution is -2.34. The van der Waals surface area contributed by atoms with Crippen molar-refractivity contribution in [3.05, 3.63) is 217 Å². The van der Waals surface area contributed by atoms with E-state index in [2.05, 4.69) is 121 Å². The van der Waals surface area contributed by atoms with Crippen LogP contribution in [0.1, 0.15) is 22.3 Å². The molecule has 0 bridgehead atoms. The molecule has 4 aromatic heterocycles. The van der Waals surface area contributed by atoms with Gasteiger partial charge in [0.1, 0.15) is 0 Å². The SMILES string of the molecule is c1ccc(-c2ncccc2C(c2cccnc2-c2ccccc2)(c2cccnc2-c2ccccc2)c2cccnc2-c2ccccc2)cc1. The van der Waals surface area contributed by atoms with Gasteiger partial charge in [-0.3, -0.25) is 19.9 Å². The molecule has 4 nitrogen and oxygen atoms in total. The van der Waals surface area contributed by atoms with Crippen molar-refractivity contribution in [2.45, 2.75) is 5.41 Å². The summed E-state index contributed by atoms with van der Waals surface area (Å²) in [6.45, 7) is 0. The average Bonchev–Trinajstić information content (AvgIpc) is 3.20. The van der Waals surface area contributed by atoms with Crippen molar-refractivity contribution < 1.29 is 0 Å². The quantitative estimate of drug-likeness (QED) is 0.168. The fourth-order valence-corrected chi connectivity index (χ4v) is 7.01. The minimum Gasteiger partial charge on any atom is -0.256 e. The first-order chi connectivity index (χ1) is 24.4. The standard InChI is InChI=1S/C45H32N4/c1-5-17-33(18-6-1)41-37(25-13-29-46-41)45(38-26-14-30-47-42(38)34-19-7-2-8-20-34,39-27-15-31-48-43(39)35-21-9-3-10-22-35)40-28-16-32-49-44(40)36-23-11-4-12-24-36/h1-32H. The number of aromatic nitrogens is 4. The zero-order chi connectivity index (χ0) is 32.9. The third-order valence-electron chi connectivity index (χ3n) is 9.04. The third kappa shape index (κ3) is 5.39. The monoisotopic (exact) mass is 628 g/mol. The molecule has 0 aliphatic carbocycles. The molecule has 0 radical (unpaired) electrons. The number of hydrogen-bond donors (Lipinski definition) is 0. The van der Waals surface area contributed by atoms with Gasteiger partial charge < -0.3 is 0 Å². The van der Waals surface area contributed by atoms with Crippen molar-refractivity contribution in [1.82, 2.24) is 19.9 Å². The fraction of sp³-hybridized carbons (Fsp3) is 0.0222. The van der Waals surface area contributed by atoms with Crippen LogP contribution < -0.4 is 0 Å². The summed E-state index contributed by atoms with van der Waals surface area (Å²) >= 11 is 0. The van der Waals surface area contributed by atoms with Gasteiger partial charge >= 0.3 is 0 Å². The highest BCUT2D eigenvalue weighted by Crippen LogP contribution is 2.53. The Balaban J connectivity index is 1.63. The van der Waals surface area contributed by atoms with E-state index in [1.165, 1.54) is 0 Å². The predicted octanol–water partition coefficient (Wildman–Crippen LogP) is 10.3. The molecule has 4 aromatic carbocycles. The lowest BCUT2D eigenvalue weighted by molar-refractivity contribution is 0.736. The number of hydrogen-bond acceptors (Lipinski definition) is 4. The van der Waals surface area contributed by atoms with Gasteiger partial charge in [0, 0.05) is 47.0 Å². The van der Waals surface area contributed by atoms with E-state index in [4.69, 9.17) is 19.9 Å². The molecule has 232 valence electrons. The van der Waals surface area contributed by atoms with E-state index >= 15 is 0 Å². The van der Waals surface area contributed by atoms with Crippen LogP contribution in [0, 0.1) is 0 Å². The molecule has 0 saturated carbocycles. The normalized spacial score (nSPS) is 11.3. The molecular formula is C45H32N4. The van der Waals surface area contributed by atoms with Crippen LogP contribution in [0.15, 0.2) is 195 Å². The zero-order valence-corrected chi connectivity index (χ0v) is 26.8. The molecule has 0 spiro atoms. The Morgan fingerprint density at radius 3 is 0.694 bits per heavy atom. The highest BCUT2D eigenvalue weighted by Gasteiger charge is 2.46. The Labute approximate surface area is 286 Å². The minimum atomic E-state index is -1.00. The van der Waals surface area contributed by atoms with E-state index < -0.39 is 5.41 Å². The second-order valence-electron chi connectivity index (χ2n) is 11.8. The van der Waals surface area contributed by atoms with Gasteiger partial charge in [0.15, 0.2) is 0 Å². The van der Waals surface area contributed by atoms with Gasteiger partial charge in [-0.05, 0) is 46.5 Å². The van der Waals surface area contributed by atoms with Gasteiger partial charge in [0.25, 0.3) is 0 Å². The van der Waals surface area contributed by atoms with Crippen molar-refractivity contribution in [2.24, 2.45) is 0 Å². The van der Waals surface area contributed by atoms with Crippen molar-refractivity contribution in [3.63, 3.8) is 0 Å². The lowest BCUT2D eigenvalue weighted by Gasteiger charge is -2.40. The summed E-state index contributed by atoms with van der Waals surface area (Å²) < 4.78 is 0. The van der Waals surface area contributed by atoms with Crippen LogP contribution >= 0.6 is 0 Å². The van der Waals surface area contributed by atoms with Crippen molar-refractivity contribution in [1.29, 1.82) is 0 Å². The first kappa shape index (κ1) is 29.9. The number of pyridine rings is 4. The summed E-state index contributed by atoms with van der Waals surface area (Å²) in [4.78, 5) is 20.5. The fourth-order valence-electron chi connectivity index (χ4n) is 7.01. The lowest BCUT2D eigenvalue weighted by atomic mass is 9.61. The molecular weight excluding hydrogens is 597 g/mol. The van der Waals surface area contributed by atoms with Crippen LogP contribution in [0.5, 0.6) is 0 Å². The summed E-state index contributed by atoms with van der Waals surface area (Å²) in [5, 5.41) is 0. The number of nitrogens with zero attached hydrogens (tertiary/aromatic N) is 4. The number of benzene rings is 4. The highest BCUT2D eigenvalue weighted by molar-refractivity contribution is 5.83. The highest BCUT2D eigenvalue weighted by atomic mass is 14.8. The van der Waals surface area contributed by atoms with Gasteiger partial charge in [0.05, 0.1) is 28.2 Å². The van der Waals surface area contributed by atoms with Crippen LogP contribution in [-0.2, 0) is 5.41 Å². The molecule has 8 aromatic rings. The first-order valence-electron chi connectivity index (χ1n) is 16.4. The van der Waals surface area contributed by atoms with E-state index in [1.54, 1.807) is 0 Å². The summed E-state index contributed by atoms with van der Waals surface area (Å²) in [5.74, 6) is 0. The molecule has 0 amide bonds. The summed E-state index contributed by atoms with van der Waals surface area (Å²) in [7, 11) is 0. The maximum atomic E-state index is 5.14. The molecule has 4 heterocycles. The Kier molecular flexibility index (Phi) is 8.11. The molecule has 4 heteroatoms. The van der Waals surface area contributed by atoms with Gasteiger partial charge in [-0.1, -0.05) is 146 Å². The van der Waals surface area contributed by atoms with Crippen molar-refractivity contribution in [2.75, 3.05) is 0 Å².